The third-order valence-electron chi connectivity index (χ3n) is 4.79. The van der Waals surface area contributed by atoms with Gasteiger partial charge >= 0.3 is 0 Å². The molecule has 1 heterocycles. The molecule has 0 bridgehead atoms. The van der Waals surface area contributed by atoms with Gasteiger partial charge in [-0.15, -0.1) is 0 Å². The van der Waals surface area contributed by atoms with Crippen LogP contribution in [0.15, 0.2) is 81.5 Å². The van der Waals surface area contributed by atoms with Crippen molar-refractivity contribution >= 4 is 62.4 Å². The third kappa shape index (κ3) is 5.96. The lowest BCUT2D eigenvalue weighted by Crippen LogP contribution is -2.20. The SMILES string of the molecule is COc1ccc(Br)cc1/C=N\NC(=O)CSc1nc2ccccc2n1Cc1ccc(Cl)cc1. The van der Waals surface area contributed by atoms with Crippen LogP contribution >= 0.6 is 39.3 Å². The molecule has 0 aliphatic rings. The summed E-state index contributed by atoms with van der Waals surface area (Å²) in [6, 6.07) is 21.2. The van der Waals surface area contributed by atoms with E-state index in [4.69, 9.17) is 21.3 Å². The van der Waals surface area contributed by atoms with Crippen LogP contribution in [-0.2, 0) is 11.3 Å². The zero-order valence-corrected chi connectivity index (χ0v) is 20.8. The van der Waals surface area contributed by atoms with Gasteiger partial charge in [-0.1, -0.05) is 63.6 Å². The molecular weight excluding hydrogens is 524 g/mol. The van der Waals surface area contributed by atoms with Gasteiger partial charge in [0.2, 0.25) is 0 Å². The maximum absolute atomic E-state index is 12.4. The van der Waals surface area contributed by atoms with E-state index in [0.717, 1.165) is 31.8 Å². The highest BCUT2D eigenvalue weighted by Crippen LogP contribution is 2.26. The van der Waals surface area contributed by atoms with Crippen molar-refractivity contribution in [3.05, 3.63) is 87.4 Å². The summed E-state index contributed by atoms with van der Waals surface area (Å²) in [4.78, 5) is 17.1. The van der Waals surface area contributed by atoms with Crippen molar-refractivity contribution in [2.24, 2.45) is 5.10 Å². The van der Waals surface area contributed by atoms with Crippen molar-refractivity contribution in [1.82, 2.24) is 15.0 Å². The first-order valence-corrected chi connectivity index (χ1v) is 12.2. The molecule has 0 atom stereocenters. The van der Waals surface area contributed by atoms with Crippen molar-refractivity contribution in [1.29, 1.82) is 0 Å². The molecule has 0 fully saturated rings. The number of methoxy groups -OCH3 is 1. The van der Waals surface area contributed by atoms with E-state index in [0.29, 0.717) is 17.3 Å². The molecule has 4 rings (SSSR count). The molecule has 0 radical (unpaired) electrons. The fourth-order valence-electron chi connectivity index (χ4n) is 3.23. The number of nitrogens with one attached hydrogen (secondary N) is 1. The number of fused-ring (bicyclic) bond motifs is 1. The van der Waals surface area contributed by atoms with Crippen LogP contribution in [0.25, 0.3) is 11.0 Å². The van der Waals surface area contributed by atoms with Crippen LogP contribution in [0.4, 0.5) is 0 Å². The number of hydrogen-bond donors (Lipinski definition) is 1. The second-order valence-corrected chi connectivity index (χ2v) is 9.36. The Hall–Kier alpha value is -2.81. The Bertz CT molecular complexity index is 1310. The fourth-order valence-corrected chi connectivity index (χ4v) is 4.54. The molecule has 33 heavy (non-hydrogen) atoms. The predicted octanol–water partition coefficient (Wildman–Crippen LogP) is 5.75. The van der Waals surface area contributed by atoms with Crippen LogP contribution < -0.4 is 10.2 Å². The highest BCUT2D eigenvalue weighted by molar-refractivity contribution is 9.10. The van der Waals surface area contributed by atoms with E-state index in [1.807, 2.05) is 66.7 Å². The quantitative estimate of drug-likeness (QED) is 0.175. The summed E-state index contributed by atoms with van der Waals surface area (Å²) >= 11 is 10.8. The molecule has 1 amide bonds. The van der Waals surface area contributed by atoms with E-state index in [1.165, 1.54) is 11.8 Å². The van der Waals surface area contributed by atoms with Gasteiger partial charge in [0, 0.05) is 15.1 Å². The molecule has 0 unspecified atom stereocenters. The standard InChI is InChI=1S/C24H20BrClN4O2S/c1-32-22-11-8-18(25)12-17(22)13-27-29-23(31)15-33-24-28-20-4-2-3-5-21(20)30(24)14-16-6-9-19(26)10-7-16/h2-13H,14-15H2,1H3,(H,29,31)/b27-13-. The average Bonchev–Trinajstić information content (AvgIpc) is 3.16. The van der Waals surface area contributed by atoms with Gasteiger partial charge < -0.3 is 9.30 Å². The number of thioether (sulfide) groups is 1. The van der Waals surface area contributed by atoms with E-state index in [9.17, 15) is 4.79 Å². The zero-order chi connectivity index (χ0) is 23.2. The minimum absolute atomic E-state index is 0.177. The molecule has 3 aromatic carbocycles. The minimum Gasteiger partial charge on any atom is -0.496 e. The summed E-state index contributed by atoms with van der Waals surface area (Å²) in [5, 5.41) is 5.53. The Morgan fingerprint density at radius 1 is 1.21 bits per heavy atom. The molecular formula is C24H20BrClN4O2S. The van der Waals surface area contributed by atoms with Gasteiger partial charge in [0.05, 0.1) is 36.7 Å². The Morgan fingerprint density at radius 3 is 2.79 bits per heavy atom. The number of carbonyl (C=O) groups excluding carboxylic acids is 1. The Morgan fingerprint density at radius 2 is 2.00 bits per heavy atom. The number of aromatic nitrogens is 2. The van der Waals surface area contributed by atoms with Gasteiger partial charge in [0.25, 0.3) is 5.91 Å². The summed E-state index contributed by atoms with van der Waals surface area (Å²) in [7, 11) is 1.59. The first-order chi connectivity index (χ1) is 16.0. The Balaban J connectivity index is 1.45. The molecule has 1 aromatic heterocycles. The molecule has 0 aliphatic heterocycles. The molecule has 0 saturated heterocycles. The smallest absolute Gasteiger partial charge is 0.250 e. The topological polar surface area (TPSA) is 68.5 Å². The number of ether oxygens (including phenoxy) is 1. The summed E-state index contributed by atoms with van der Waals surface area (Å²) in [6.07, 6.45) is 1.56. The Kier molecular flexibility index (Phi) is 7.69. The normalized spacial score (nSPS) is 11.2. The predicted molar refractivity (Wildman–Crippen MR) is 137 cm³/mol. The molecule has 9 heteroatoms. The minimum atomic E-state index is -0.227. The number of amides is 1. The molecule has 0 aliphatic carbocycles. The number of hydrogen-bond acceptors (Lipinski definition) is 5. The Labute approximate surface area is 209 Å². The van der Waals surface area contributed by atoms with Gasteiger partial charge in [0.1, 0.15) is 5.75 Å². The number of nitrogens with zero attached hydrogens (tertiary/aromatic N) is 3. The van der Waals surface area contributed by atoms with Crippen LogP contribution in [-0.4, -0.2) is 34.5 Å². The summed E-state index contributed by atoms with van der Waals surface area (Å²) in [5.41, 5.74) is 6.31. The van der Waals surface area contributed by atoms with Gasteiger partial charge in [-0.3, -0.25) is 4.79 Å². The monoisotopic (exact) mass is 542 g/mol. The molecule has 4 aromatic rings. The maximum Gasteiger partial charge on any atom is 0.250 e. The van der Waals surface area contributed by atoms with E-state index < -0.39 is 0 Å². The second kappa shape index (κ2) is 10.9. The highest BCUT2D eigenvalue weighted by Gasteiger charge is 2.13. The lowest BCUT2D eigenvalue weighted by Gasteiger charge is -2.09. The number of imidazole rings is 1. The number of rotatable bonds is 8. The number of hydrazone groups is 1. The largest absolute Gasteiger partial charge is 0.496 e. The van der Waals surface area contributed by atoms with E-state index in [2.05, 4.69) is 31.0 Å². The number of carbonyl (C=O) groups is 1. The molecule has 6 nitrogen and oxygen atoms in total. The number of benzene rings is 3. The van der Waals surface area contributed by atoms with Crippen LogP contribution in [0.2, 0.25) is 5.02 Å². The van der Waals surface area contributed by atoms with Crippen molar-refractivity contribution in [3.8, 4) is 5.75 Å². The lowest BCUT2D eigenvalue weighted by atomic mass is 10.2. The van der Waals surface area contributed by atoms with Gasteiger partial charge in [-0.25, -0.2) is 10.4 Å². The highest BCUT2D eigenvalue weighted by atomic mass is 79.9. The van der Waals surface area contributed by atoms with Crippen molar-refractivity contribution in [3.63, 3.8) is 0 Å². The zero-order valence-electron chi connectivity index (χ0n) is 17.7. The van der Waals surface area contributed by atoms with Crippen LogP contribution in [0.5, 0.6) is 5.75 Å². The van der Waals surface area contributed by atoms with Crippen LogP contribution in [0, 0.1) is 0 Å². The fraction of sp³-hybridized carbons (Fsp3) is 0.125. The summed E-state index contributed by atoms with van der Waals surface area (Å²) in [5.74, 6) is 0.619. The first kappa shape index (κ1) is 23.4. The van der Waals surface area contributed by atoms with Gasteiger partial charge in [-0.2, -0.15) is 5.10 Å². The van der Waals surface area contributed by atoms with E-state index >= 15 is 0 Å². The van der Waals surface area contributed by atoms with Crippen LogP contribution in [0.3, 0.4) is 0 Å². The van der Waals surface area contributed by atoms with Gasteiger partial charge in [0.15, 0.2) is 5.16 Å². The van der Waals surface area contributed by atoms with Crippen molar-refractivity contribution < 1.29 is 9.53 Å². The number of para-hydroxylation sites is 2. The third-order valence-corrected chi connectivity index (χ3v) is 6.51. The number of halogens is 2. The summed E-state index contributed by atoms with van der Waals surface area (Å²) < 4.78 is 8.31. The summed E-state index contributed by atoms with van der Waals surface area (Å²) in [6.45, 7) is 0.627. The maximum atomic E-state index is 12.4. The lowest BCUT2D eigenvalue weighted by molar-refractivity contribution is -0.118. The van der Waals surface area contributed by atoms with Gasteiger partial charge in [-0.05, 0) is 48.0 Å². The molecule has 0 spiro atoms. The molecule has 168 valence electrons. The average molecular weight is 544 g/mol. The van der Waals surface area contributed by atoms with Crippen molar-refractivity contribution in [2.45, 2.75) is 11.7 Å². The molecule has 1 N–H and O–H groups in total. The van der Waals surface area contributed by atoms with E-state index in [-0.39, 0.29) is 11.7 Å². The second-order valence-electron chi connectivity index (χ2n) is 7.06. The van der Waals surface area contributed by atoms with E-state index in [1.54, 1.807) is 13.3 Å². The first-order valence-electron chi connectivity index (χ1n) is 10.0. The molecule has 0 saturated carbocycles. The van der Waals surface area contributed by atoms with Crippen LogP contribution in [0.1, 0.15) is 11.1 Å². The van der Waals surface area contributed by atoms with Crippen molar-refractivity contribution in [2.75, 3.05) is 12.9 Å².